The number of rotatable bonds is 8. The highest BCUT2D eigenvalue weighted by molar-refractivity contribution is 6.31. The van der Waals surface area contributed by atoms with E-state index in [1.54, 1.807) is 12.1 Å². The first-order valence-corrected chi connectivity index (χ1v) is 15.8. The van der Waals surface area contributed by atoms with Crippen molar-refractivity contribution in [3.63, 3.8) is 0 Å². The van der Waals surface area contributed by atoms with Crippen LogP contribution in [0.25, 0.3) is 0 Å². The summed E-state index contributed by atoms with van der Waals surface area (Å²) < 4.78 is 40.6. The van der Waals surface area contributed by atoms with Crippen LogP contribution in [0.4, 0.5) is 18.9 Å². The molecule has 0 radical (unpaired) electrons. The van der Waals surface area contributed by atoms with Crippen molar-refractivity contribution in [2.45, 2.75) is 50.9 Å². The van der Waals surface area contributed by atoms with E-state index >= 15 is 0 Å². The van der Waals surface area contributed by atoms with E-state index in [2.05, 4.69) is 27.2 Å². The second-order valence-electron chi connectivity index (χ2n) is 11.6. The van der Waals surface area contributed by atoms with Crippen molar-refractivity contribution in [3.8, 4) is 0 Å². The Balaban J connectivity index is 1.29. The Hall–Kier alpha value is -3.44. The molecule has 2 fully saturated rings. The van der Waals surface area contributed by atoms with Gasteiger partial charge >= 0.3 is 6.18 Å². The molecule has 0 bridgehead atoms. The quantitative estimate of drug-likeness (QED) is 0.135. The summed E-state index contributed by atoms with van der Waals surface area (Å²) in [4.78, 5) is 26.4. The second kappa shape index (κ2) is 14.3. The number of benzene rings is 3. The largest absolute Gasteiger partial charge is 0.417 e. The van der Waals surface area contributed by atoms with Gasteiger partial charge in [0.05, 0.1) is 47.2 Å². The number of carbonyl (C=O) groups is 2. The minimum atomic E-state index is -4.64. The molecule has 5 rings (SSSR count). The Morgan fingerprint density at radius 3 is 2.44 bits per heavy atom. The highest BCUT2D eigenvalue weighted by Gasteiger charge is 2.39. The van der Waals surface area contributed by atoms with Crippen LogP contribution in [-0.2, 0) is 12.7 Å². The number of hydrazone groups is 1. The number of carbonyl (C=O) groups excluding carboxylic acids is 2. The monoisotopic (exact) mass is 660 g/mol. The number of piperidine rings is 2. The number of nitrogens with zero attached hydrogens (tertiary/aromatic N) is 2. The molecule has 0 unspecified atom stereocenters. The summed E-state index contributed by atoms with van der Waals surface area (Å²) in [6.45, 7) is 5.24. The van der Waals surface area contributed by atoms with Gasteiger partial charge < -0.3 is 15.1 Å². The first kappa shape index (κ1) is 32.9. The van der Waals surface area contributed by atoms with Crippen LogP contribution in [0.1, 0.15) is 69.5 Å². The Labute approximate surface area is 270 Å². The molecule has 3 aromatic rings. The number of quaternary nitrogens is 1. The SMILES string of the molecule is O=C(Nc1ccc(Cl)cc1C(=O)NN=Cc1ccc(Cl)c(C(F)(F)F)c1)c1cccc(C[N+]2(C3CCNCC3)CCCCC2)c1. The predicted octanol–water partition coefficient (Wildman–Crippen LogP) is 7.28. The molecule has 0 aliphatic carbocycles. The fourth-order valence-corrected chi connectivity index (χ4v) is 6.79. The van der Waals surface area contributed by atoms with Gasteiger partial charge in [0, 0.05) is 42.1 Å². The van der Waals surface area contributed by atoms with Crippen molar-refractivity contribution < 1.29 is 27.2 Å². The topological polar surface area (TPSA) is 82.6 Å². The highest BCUT2D eigenvalue weighted by atomic mass is 35.5. The maximum atomic E-state index is 13.4. The lowest BCUT2D eigenvalue weighted by atomic mass is 9.95. The van der Waals surface area contributed by atoms with Crippen LogP contribution in [0.3, 0.4) is 0 Å². The second-order valence-corrected chi connectivity index (χ2v) is 12.5. The lowest BCUT2D eigenvalue weighted by molar-refractivity contribution is -0.968. The van der Waals surface area contributed by atoms with Crippen LogP contribution < -0.4 is 16.1 Å². The number of anilines is 1. The molecular weight excluding hydrogens is 626 g/mol. The van der Waals surface area contributed by atoms with E-state index in [-0.39, 0.29) is 27.7 Å². The van der Waals surface area contributed by atoms with E-state index in [9.17, 15) is 22.8 Å². The fourth-order valence-electron chi connectivity index (χ4n) is 6.40. The normalized spacial score (nSPS) is 17.3. The molecular formula is C33H35Cl2F3N5O2+. The van der Waals surface area contributed by atoms with Crippen LogP contribution in [0.2, 0.25) is 10.0 Å². The molecule has 12 heteroatoms. The van der Waals surface area contributed by atoms with Gasteiger partial charge in [-0.25, -0.2) is 5.43 Å². The van der Waals surface area contributed by atoms with Crippen LogP contribution >= 0.6 is 23.2 Å². The molecule has 0 saturated carbocycles. The van der Waals surface area contributed by atoms with E-state index in [0.717, 1.165) is 74.0 Å². The molecule has 2 amide bonds. The molecule has 0 spiro atoms. The smallest absolute Gasteiger partial charge is 0.321 e. The maximum absolute atomic E-state index is 13.4. The Morgan fingerprint density at radius 2 is 1.71 bits per heavy atom. The van der Waals surface area contributed by atoms with Crippen molar-refractivity contribution in [2.24, 2.45) is 5.10 Å². The molecule has 3 aromatic carbocycles. The molecule has 0 aromatic heterocycles. The van der Waals surface area contributed by atoms with Crippen LogP contribution in [0.15, 0.2) is 65.8 Å². The first-order valence-electron chi connectivity index (χ1n) is 15.0. The third kappa shape index (κ3) is 8.24. The molecule has 2 aliphatic heterocycles. The lowest BCUT2D eigenvalue weighted by Crippen LogP contribution is -2.59. The summed E-state index contributed by atoms with van der Waals surface area (Å²) in [5.41, 5.74) is 3.18. The van der Waals surface area contributed by atoms with Gasteiger partial charge in [-0.05, 0) is 67.3 Å². The average molecular weight is 662 g/mol. The number of hydrogen-bond donors (Lipinski definition) is 3. The highest BCUT2D eigenvalue weighted by Crippen LogP contribution is 2.35. The molecule has 3 N–H and O–H groups in total. The molecule has 2 heterocycles. The number of alkyl halides is 3. The summed E-state index contributed by atoms with van der Waals surface area (Å²) in [7, 11) is 0. The first-order chi connectivity index (χ1) is 21.5. The Morgan fingerprint density at radius 1 is 0.956 bits per heavy atom. The zero-order chi connectivity index (χ0) is 32.0. The van der Waals surface area contributed by atoms with E-state index in [1.807, 2.05) is 12.1 Å². The standard InChI is InChI=1S/C33H34Cl2F3N5O2/c34-25-8-10-30(27(19-25)32(45)42-40-20-22-7-9-29(35)28(18-22)33(36,37)38)41-31(44)24-6-4-5-23(17-24)21-43(15-2-1-3-16-43)26-11-13-39-14-12-26/h4-10,17-20,26,39H,1-3,11-16,21H2,(H-,41,42,44,45)/p+1. The van der Waals surface area contributed by atoms with Crippen LogP contribution in [0, 0.1) is 0 Å². The summed E-state index contributed by atoms with van der Waals surface area (Å²) in [6.07, 6.45) is 2.42. The zero-order valence-electron chi connectivity index (χ0n) is 24.6. The van der Waals surface area contributed by atoms with E-state index in [0.29, 0.717) is 11.6 Å². The molecule has 7 nitrogen and oxygen atoms in total. The van der Waals surface area contributed by atoms with Crippen molar-refractivity contribution >= 4 is 46.9 Å². The number of nitrogens with one attached hydrogen (secondary N) is 3. The van der Waals surface area contributed by atoms with Crippen molar-refractivity contribution in [1.29, 1.82) is 0 Å². The van der Waals surface area contributed by atoms with Gasteiger partial charge in [0.25, 0.3) is 11.8 Å². The minimum absolute atomic E-state index is 0.0416. The van der Waals surface area contributed by atoms with Gasteiger partial charge in [-0.3, -0.25) is 9.59 Å². The molecule has 45 heavy (non-hydrogen) atoms. The summed E-state index contributed by atoms with van der Waals surface area (Å²) in [6, 6.07) is 16.0. The Bertz CT molecular complexity index is 1570. The summed E-state index contributed by atoms with van der Waals surface area (Å²) >= 11 is 11.8. The average Bonchev–Trinajstić information content (AvgIpc) is 3.03. The van der Waals surface area contributed by atoms with Gasteiger partial charge in [-0.1, -0.05) is 41.4 Å². The van der Waals surface area contributed by atoms with Gasteiger partial charge in [-0.2, -0.15) is 18.3 Å². The third-order valence-electron chi connectivity index (χ3n) is 8.63. The molecule has 2 aliphatic rings. The van der Waals surface area contributed by atoms with Crippen molar-refractivity contribution in [3.05, 3.63) is 98.5 Å². The number of hydrogen-bond acceptors (Lipinski definition) is 4. The minimum Gasteiger partial charge on any atom is -0.321 e. The van der Waals surface area contributed by atoms with Gasteiger partial charge in [0.2, 0.25) is 0 Å². The summed E-state index contributed by atoms with van der Waals surface area (Å²) in [5.74, 6) is -1.09. The molecule has 2 saturated heterocycles. The van der Waals surface area contributed by atoms with E-state index in [4.69, 9.17) is 23.2 Å². The van der Waals surface area contributed by atoms with Crippen LogP contribution in [0.5, 0.6) is 0 Å². The van der Waals surface area contributed by atoms with Gasteiger partial charge in [0.15, 0.2) is 0 Å². The lowest BCUT2D eigenvalue weighted by Gasteiger charge is -2.49. The number of halogens is 5. The van der Waals surface area contributed by atoms with Crippen LogP contribution in [-0.4, -0.2) is 54.7 Å². The molecule has 0 atom stereocenters. The van der Waals surface area contributed by atoms with Crippen molar-refractivity contribution in [1.82, 2.24) is 10.7 Å². The fraction of sp³-hybridized carbons (Fsp3) is 0.364. The number of amides is 2. The van der Waals surface area contributed by atoms with Gasteiger partial charge in [0.1, 0.15) is 6.54 Å². The maximum Gasteiger partial charge on any atom is 0.417 e. The Kier molecular flexibility index (Phi) is 10.5. The van der Waals surface area contributed by atoms with Crippen molar-refractivity contribution in [2.75, 3.05) is 31.5 Å². The van der Waals surface area contributed by atoms with E-state index in [1.165, 1.54) is 37.5 Å². The summed E-state index contributed by atoms with van der Waals surface area (Å²) in [5, 5.41) is 9.90. The number of likely N-dealkylation sites (tertiary alicyclic amines) is 1. The van der Waals surface area contributed by atoms with Gasteiger partial charge in [-0.15, -0.1) is 0 Å². The zero-order valence-corrected chi connectivity index (χ0v) is 26.1. The molecule has 238 valence electrons. The third-order valence-corrected chi connectivity index (χ3v) is 9.19. The van der Waals surface area contributed by atoms with E-state index < -0.39 is 22.7 Å². The predicted molar refractivity (Wildman–Crippen MR) is 171 cm³/mol.